The molecule has 0 unspecified atom stereocenters. The lowest BCUT2D eigenvalue weighted by Gasteiger charge is -2.16. The Morgan fingerprint density at radius 2 is 1.96 bits per heavy atom. The molecule has 0 spiro atoms. The highest BCUT2D eigenvalue weighted by Gasteiger charge is 2.30. The number of benzene rings is 2. The highest BCUT2D eigenvalue weighted by atomic mass is 35.5. The molecule has 3 nitrogen and oxygen atoms in total. The van der Waals surface area contributed by atoms with Crippen molar-refractivity contribution in [2.75, 3.05) is 13.1 Å². The van der Waals surface area contributed by atoms with Crippen LogP contribution in [0.1, 0.15) is 54.6 Å². The van der Waals surface area contributed by atoms with Gasteiger partial charge in [0, 0.05) is 23.4 Å². The van der Waals surface area contributed by atoms with Crippen molar-refractivity contribution in [3.8, 4) is 5.75 Å². The lowest BCUT2D eigenvalue weighted by molar-refractivity contribution is 0.0979. The quantitative estimate of drug-likeness (QED) is 0.474. The van der Waals surface area contributed by atoms with Gasteiger partial charge >= 0.3 is 0 Å². The van der Waals surface area contributed by atoms with Crippen LogP contribution in [0, 0.1) is 0 Å². The van der Waals surface area contributed by atoms with E-state index in [1.165, 1.54) is 5.56 Å². The number of carbonyl (C=O) groups is 1. The molecular weight excluding hydrogens is 358 g/mol. The van der Waals surface area contributed by atoms with Crippen molar-refractivity contribution < 1.29 is 9.53 Å². The van der Waals surface area contributed by atoms with Crippen molar-refractivity contribution in [3.63, 3.8) is 0 Å². The molecule has 0 aliphatic carbocycles. The summed E-state index contributed by atoms with van der Waals surface area (Å²) < 4.78 is 5.88. The zero-order chi connectivity index (χ0) is 19.3. The Labute approximate surface area is 167 Å². The van der Waals surface area contributed by atoms with Crippen LogP contribution in [0.5, 0.6) is 5.75 Å². The molecule has 27 heavy (non-hydrogen) atoms. The molecule has 1 heterocycles. The van der Waals surface area contributed by atoms with E-state index in [0.29, 0.717) is 6.42 Å². The van der Waals surface area contributed by atoms with Crippen molar-refractivity contribution in [1.29, 1.82) is 0 Å². The van der Waals surface area contributed by atoms with Gasteiger partial charge in [-0.2, -0.15) is 0 Å². The smallest absolute Gasteiger partial charge is 0.162 e. The van der Waals surface area contributed by atoms with E-state index in [1.807, 2.05) is 36.4 Å². The van der Waals surface area contributed by atoms with Crippen LogP contribution in [0.25, 0.3) is 0 Å². The second kappa shape index (κ2) is 8.90. The first-order chi connectivity index (χ1) is 12.9. The summed E-state index contributed by atoms with van der Waals surface area (Å²) in [5.41, 5.74) is 2.96. The van der Waals surface area contributed by atoms with Gasteiger partial charge in [0.1, 0.15) is 11.4 Å². The van der Waals surface area contributed by atoms with Crippen molar-refractivity contribution in [2.24, 2.45) is 0 Å². The maximum Gasteiger partial charge on any atom is 0.162 e. The van der Waals surface area contributed by atoms with Gasteiger partial charge in [0.2, 0.25) is 0 Å². The molecule has 0 bridgehead atoms. The number of hydrogen-bond donors (Lipinski definition) is 1. The number of halogens is 1. The average molecular weight is 386 g/mol. The van der Waals surface area contributed by atoms with Crippen LogP contribution in [0.2, 0.25) is 5.02 Å². The predicted octanol–water partition coefficient (Wildman–Crippen LogP) is 5.24. The van der Waals surface area contributed by atoms with Gasteiger partial charge in [-0.05, 0) is 81.6 Å². The molecule has 0 fully saturated rings. The number of unbranched alkanes of at least 4 members (excludes halogenated alkanes) is 1. The fourth-order valence-electron chi connectivity index (χ4n) is 3.51. The van der Waals surface area contributed by atoms with Crippen LogP contribution in [-0.4, -0.2) is 24.5 Å². The third-order valence-corrected chi connectivity index (χ3v) is 5.29. The lowest BCUT2D eigenvalue weighted by atomic mass is 9.98. The van der Waals surface area contributed by atoms with E-state index in [2.05, 4.69) is 25.2 Å². The molecular formula is C23H28ClNO2. The number of Topliss-reactive ketones (excluding diaryl/α,β-unsaturated/α-hetero) is 1. The van der Waals surface area contributed by atoms with Gasteiger partial charge in [-0.3, -0.25) is 4.79 Å². The van der Waals surface area contributed by atoms with Crippen LogP contribution < -0.4 is 10.1 Å². The number of ether oxygens (including phenoxy) is 1. The monoisotopic (exact) mass is 385 g/mol. The summed E-state index contributed by atoms with van der Waals surface area (Å²) in [7, 11) is 0. The summed E-state index contributed by atoms with van der Waals surface area (Å²) in [5.74, 6) is 1.14. The number of carbonyl (C=O) groups excluding carboxylic acids is 1. The molecule has 0 atom stereocenters. The van der Waals surface area contributed by atoms with Gasteiger partial charge in [0.25, 0.3) is 0 Å². The third-order valence-electron chi connectivity index (χ3n) is 4.92. The zero-order valence-electron chi connectivity index (χ0n) is 16.2. The van der Waals surface area contributed by atoms with Crippen molar-refractivity contribution in [3.05, 3.63) is 64.2 Å². The number of hydrogen-bond acceptors (Lipinski definition) is 3. The van der Waals surface area contributed by atoms with E-state index < -0.39 is 0 Å². The molecule has 1 aliphatic rings. The van der Waals surface area contributed by atoms with Gasteiger partial charge in [-0.25, -0.2) is 0 Å². The molecule has 0 saturated heterocycles. The van der Waals surface area contributed by atoms with E-state index in [9.17, 15) is 4.79 Å². The van der Waals surface area contributed by atoms with Crippen molar-refractivity contribution in [2.45, 2.75) is 51.6 Å². The Kier molecular flexibility index (Phi) is 6.56. The summed E-state index contributed by atoms with van der Waals surface area (Å²) >= 11 is 6.16. The SMILES string of the molecule is CC1(C)Cc2cc(C(=O)CCCCNCCc3ccccc3Cl)ccc2O1. The summed E-state index contributed by atoms with van der Waals surface area (Å²) in [6, 6.07) is 13.8. The molecule has 2 aromatic rings. The summed E-state index contributed by atoms with van der Waals surface area (Å²) in [5, 5.41) is 4.26. The lowest BCUT2D eigenvalue weighted by Crippen LogP contribution is -2.24. The molecule has 0 saturated carbocycles. The summed E-state index contributed by atoms with van der Waals surface area (Å²) in [6.07, 6.45) is 4.27. The maximum atomic E-state index is 12.4. The van der Waals surface area contributed by atoms with Crippen molar-refractivity contribution >= 4 is 17.4 Å². The number of rotatable bonds is 9. The van der Waals surface area contributed by atoms with E-state index in [1.54, 1.807) is 0 Å². The molecule has 2 aromatic carbocycles. The Bertz CT molecular complexity index is 801. The van der Waals surface area contributed by atoms with E-state index in [0.717, 1.165) is 60.7 Å². The van der Waals surface area contributed by atoms with Gasteiger partial charge in [0.05, 0.1) is 0 Å². The Balaban J connectivity index is 1.34. The van der Waals surface area contributed by atoms with Crippen LogP contribution in [-0.2, 0) is 12.8 Å². The molecule has 0 radical (unpaired) electrons. The summed E-state index contributed by atoms with van der Waals surface area (Å²) in [6.45, 7) is 5.97. The first-order valence-electron chi connectivity index (χ1n) is 9.74. The molecule has 1 N–H and O–H groups in total. The molecule has 4 heteroatoms. The number of fused-ring (bicyclic) bond motifs is 1. The largest absolute Gasteiger partial charge is 0.487 e. The summed E-state index contributed by atoms with van der Waals surface area (Å²) in [4.78, 5) is 12.4. The van der Waals surface area contributed by atoms with Crippen LogP contribution >= 0.6 is 11.6 Å². The molecule has 144 valence electrons. The first kappa shape index (κ1) is 19.9. The second-order valence-electron chi connectivity index (χ2n) is 7.83. The minimum Gasteiger partial charge on any atom is -0.487 e. The topological polar surface area (TPSA) is 38.3 Å². The highest BCUT2D eigenvalue weighted by Crippen LogP contribution is 2.35. The molecule has 1 aliphatic heterocycles. The maximum absolute atomic E-state index is 12.4. The van der Waals surface area contributed by atoms with Crippen molar-refractivity contribution in [1.82, 2.24) is 5.32 Å². The normalized spacial score (nSPS) is 14.6. The fourth-order valence-corrected chi connectivity index (χ4v) is 3.74. The van der Waals surface area contributed by atoms with Crippen LogP contribution in [0.15, 0.2) is 42.5 Å². The van der Waals surface area contributed by atoms with Gasteiger partial charge in [0.15, 0.2) is 5.78 Å². The minimum absolute atomic E-state index is 0.167. The van der Waals surface area contributed by atoms with E-state index in [4.69, 9.17) is 16.3 Å². The number of ketones is 1. The Morgan fingerprint density at radius 3 is 2.78 bits per heavy atom. The zero-order valence-corrected chi connectivity index (χ0v) is 16.9. The minimum atomic E-state index is -0.167. The average Bonchev–Trinajstić information content (AvgIpc) is 2.95. The van der Waals surface area contributed by atoms with Gasteiger partial charge in [-0.1, -0.05) is 29.8 Å². The molecule has 0 amide bonds. The van der Waals surface area contributed by atoms with Crippen LogP contribution in [0.3, 0.4) is 0 Å². The Morgan fingerprint density at radius 1 is 1.15 bits per heavy atom. The molecule has 3 rings (SSSR count). The Hall–Kier alpha value is -1.84. The van der Waals surface area contributed by atoms with E-state index in [-0.39, 0.29) is 11.4 Å². The van der Waals surface area contributed by atoms with E-state index >= 15 is 0 Å². The third kappa shape index (κ3) is 5.57. The standard InChI is InChI=1S/C23H28ClNO2/c1-23(2)16-19-15-18(10-11-22(19)27-23)21(26)9-5-6-13-25-14-12-17-7-3-4-8-20(17)24/h3-4,7-8,10-11,15,25H,5-6,9,12-14,16H2,1-2H3. The fraction of sp³-hybridized carbons (Fsp3) is 0.435. The predicted molar refractivity (Wildman–Crippen MR) is 111 cm³/mol. The highest BCUT2D eigenvalue weighted by molar-refractivity contribution is 6.31. The van der Waals surface area contributed by atoms with Crippen LogP contribution in [0.4, 0.5) is 0 Å². The first-order valence-corrected chi connectivity index (χ1v) is 10.1. The van der Waals surface area contributed by atoms with Gasteiger partial charge in [-0.15, -0.1) is 0 Å². The van der Waals surface area contributed by atoms with Gasteiger partial charge < -0.3 is 10.1 Å². The second-order valence-corrected chi connectivity index (χ2v) is 8.24. The number of nitrogens with one attached hydrogen (secondary N) is 1. The molecule has 0 aromatic heterocycles.